The first-order valence-electron chi connectivity index (χ1n) is 6.33. The Bertz CT molecular complexity index is 349. The summed E-state index contributed by atoms with van der Waals surface area (Å²) in [4.78, 5) is 13.7. The van der Waals surface area contributed by atoms with Gasteiger partial charge in [-0.2, -0.15) is 0 Å². The fourth-order valence-corrected chi connectivity index (χ4v) is 2.28. The number of ether oxygens (including phenoxy) is 1. The molecular weight excluding hydrogens is 230 g/mol. The van der Waals surface area contributed by atoms with E-state index in [1.807, 2.05) is 20.8 Å². The molecule has 0 unspecified atom stereocenters. The second-order valence-corrected chi connectivity index (χ2v) is 6.07. The summed E-state index contributed by atoms with van der Waals surface area (Å²) in [7, 11) is 0. The van der Waals surface area contributed by atoms with Crippen molar-refractivity contribution in [3.63, 3.8) is 0 Å². The van der Waals surface area contributed by atoms with Crippen molar-refractivity contribution in [2.45, 2.75) is 64.2 Å². The predicted octanol–water partition coefficient (Wildman–Crippen LogP) is 2.16. The van der Waals surface area contributed by atoms with Gasteiger partial charge in [-0.15, -0.1) is 12.3 Å². The SMILES string of the molecule is C#CC[C@](C)(O)[C@@H]1CCCN1C(=O)OC(C)(C)C. The molecule has 1 heterocycles. The average Bonchev–Trinajstić information content (AvgIpc) is 2.63. The standard InChI is InChI=1S/C14H23NO3/c1-6-9-14(5,17)11-8-7-10-15(11)12(16)18-13(2,3)4/h1,11,17H,7-10H2,2-5H3/t11-,14-/m0/s1. The highest BCUT2D eigenvalue weighted by molar-refractivity contribution is 5.69. The highest BCUT2D eigenvalue weighted by atomic mass is 16.6. The van der Waals surface area contributed by atoms with E-state index in [1.165, 1.54) is 0 Å². The Hall–Kier alpha value is -1.21. The molecule has 4 heteroatoms. The van der Waals surface area contributed by atoms with E-state index in [2.05, 4.69) is 5.92 Å². The normalized spacial score (nSPS) is 23.3. The van der Waals surface area contributed by atoms with Crippen LogP contribution in [0.1, 0.15) is 47.0 Å². The topological polar surface area (TPSA) is 49.8 Å². The van der Waals surface area contributed by atoms with Crippen LogP contribution in [0.2, 0.25) is 0 Å². The summed E-state index contributed by atoms with van der Waals surface area (Å²) < 4.78 is 5.35. The maximum absolute atomic E-state index is 12.1. The molecule has 1 aliphatic rings. The third kappa shape index (κ3) is 3.64. The number of rotatable bonds is 2. The van der Waals surface area contributed by atoms with Gasteiger partial charge in [-0.05, 0) is 40.5 Å². The largest absolute Gasteiger partial charge is 0.444 e. The summed E-state index contributed by atoms with van der Waals surface area (Å²) in [5.74, 6) is 2.46. The van der Waals surface area contributed by atoms with Gasteiger partial charge >= 0.3 is 6.09 Å². The monoisotopic (exact) mass is 253 g/mol. The number of carbonyl (C=O) groups excluding carboxylic acids is 1. The number of aliphatic hydroxyl groups is 1. The lowest BCUT2D eigenvalue weighted by Crippen LogP contribution is -2.51. The van der Waals surface area contributed by atoms with E-state index in [0.717, 1.165) is 12.8 Å². The molecule has 0 bridgehead atoms. The highest BCUT2D eigenvalue weighted by Gasteiger charge is 2.42. The molecule has 1 saturated heterocycles. The van der Waals surface area contributed by atoms with Crippen LogP contribution in [-0.4, -0.2) is 39.9 Å². The van der Waals surface area contributed by atoms with Crippen molar-refractivity contribution in [1.29, 1.82) is 0 Å². The highest BCUT2D eigenvalue weighted by Crippen LogP contribution is 2.30. The Morgan fingerprint density at radius 1 is 1.50 bits per heavy atom. The molecule has 0 aromatic carbocycles. The van der Waals surface area contributed by atoms with Crippen molar-refractivity contribution >= 4 is 6.09 Å². The van der Waals surface area contributed by atoms with Crippen LogP contribution >= 0.6 is 0 Å². The van der Waals surface area contributed by atoms with Gasteiger partial charge in [0.2, 0.25) is 0 Å². The minimum absolute atomic E-state index is 0.233. The Morgan fingerprint density at radius 3 is 2.61 bits per heavy atom. The molecule has 0 spiro atoms. The predicted molar refractivity (Wildman–Crippen MR) is 70.0 cm³/mol. The van der Waals surface area contributed by atoms with Gasteiger partial charge in [0.25, 0.3) is 0 Å². The summed E-state index contributed by atoms with van der Waals surface area (Å²) in [6, 6.07) is -0.261. The Kier molecular flexibility index (Phi) is 4.28. The lowest BCUT2D eigenvalue weighted by Gasteiger charge is -2.36. The minimum Gasteiger partial charge on any atom is -0.444 e. The maximum atomic E-state index is 12.1. The molecule has 0 saturated carbocycles. The van der Waals surface area contributed by atoms with Crippen LogP contribution < -0.4 is 0 Å². The van der Waals surface area contributed by atoms with Crippen LogP contribution in [0.15, 0.2) is 0 Å². The quantitative estimate of drug-likeness (QED) is 0.767. The second kappa shape index (κ2) is 5.19. The number of nitrogens with zero attached hydrogens (tertiary/aromatic N) is 1. The van der Waals surface area contributed by atoms with Gasteiger partial charge in [0.1, 0.15) is 5.60 Å². The zero-order chi connectivity index (χ0) is 14.0. The minimum atomic E-state index is -1.05. The summed E-state index contributed by atoms with van der Waals surface area (Å²) in [6.07, 6.45) is 6.74. The molecule has 0 aliphatic carbocycles. The van der Waals surface area contributed by atoms with E-state index in [9.17, 15) is 9.90 Å². The first kappa shape index (κ1) is 14.8. The molecule has 1 rings (SSSR count). The fraction of sp³-hybridized carbons (Fsp3) is 0.786. The molecule has 1 aliphatic heterocycles. The number of amides is 1. The molecule has 1 amide bonds. The lowest BCUT2D eigenvalue weighted by atomic mass is 9.91. The molecule has 0 aromatic rings. The van der Waals surface area contributed by atoms with Gasteiger partial charge in [-0.3, -0.25) is 0 Å². The molecule has 0 radical (unpaired) electrons. The molecule has 18 heavy (non-hydrogen) atoms. The first-order valence-corrected chi connectivity index (χ1v) is 6.33. The zero-order valence-electron chi connectivity index (χ0n) is 11.7. The molecule has 102 valence electrons. The Balaban J connectivity index is 2.77. The summed E-state index contributed by atoms with van der Waals surface area (Å²) >= 11 is 0. The Morgan fingerprint density at radius 2 is 2.11 bits per heavy atom. The third-order valence-corrected chi connectivity index (χ3v) is 3.06. The maximum Gasteiger partial charge on any atom is 0.410 e. The number of terminal acetylenes is 1. The van der Waals surface area contributed by atoms with Crippen molar-refractivity contribution in [2.24, 2.45) is 0 Å². The third-order valence-electron chi connectivity index (χ3n) is 3.06. The second-order valence-electron chi connectivity index (χ2n) is 6.07. The van der Waals surface area contributed by atoms with Crippen molar-refractivity contribution < 1.29 is 14.6 Å². The number of hydrogen-bond acceptors (Lipinski definition) is 3. The first-order chi connectivity index (χ1) is 8.17. The van der Waals surface area contributed by atoms with Gasteiger partial charge in [0.05, 0.1) is 11.6 Å². The fourth-order valence-electron chi connectivity index (χ4n) is 2.28. The van der Waals surface area contributed by atoms with Gasteiger partial charge in [-0.1, -0.05) is 0 Å². The average molecular weight is 253 g/mol. The summed E-state index contributed by atoms with van der Waals surface area (Å²) in [5.41, 5.74) is -1.58. The molecule has 4 nitrogen and oxygen atoms in total. The molecule has 1 N–H and O–H groups in total. The lowest BCUT2D eigenvalue weighted by molar-refractivity contribution is -0.0308. The van der Waals surface area contributed by atoms with Crippen LogP contribution in [-0.2, 0) is 4.74 Å². The summed E-state index contributed by atoms with van der Waals surface area (Å²) in [6.45, 7) is 7.78. The van der Waals surface area contributed by atoms with Gasteiger partial charge < -0.3 is 14.7 Å². The van der Waals surface area contributed by atoms with E-state index < -0.39 is 11.2 Å². The Labute approximate surface area is 109 Å². The van der Waals surface area contributed by atoms with Crippen LogP contribution in [0.4, 0.5) is 4.79 Å². The van der Waals surface area contributed by atoms with E-state index in [-0.39, 0.29) is 18.6 Å². The van der Waals surface area contributed by atoms with Crippen LogP contribution in [0, 0.1) is 12.3 Å². The molecule has 0 aromatic heterocycles. The van der Waals surface area contributed by atoms with Crippen LogP contribution in [0.25, 0.3) is 0 Å². The van der Waals surface area contributed by atoms with E-state index in [1.54, 1.807) is 11.8 Å². The van der Waals surface area contributed by atoms with E-state index in [0.29, 0.717) is 6.54 Å². The number of likely N-dealkylation sites (tertiary alicyclic amines) is 1. The van der Waals surface area contributed by atoms with Crippen LogP contribution in [0.3, 0.4) is 0 Å². The van der Waals surface area contributed by atoms with Gasteiger partial charge in [-0.25, -0.2) is 4.79 Å². The van der Waals surface area contributed by atoms with Gasteiger partial charge in [0.15, 0.2) is 0 Å². The van der Waals surface area contributed by atoms with Crippen molar-refractivity contribution in [2.75, 3.05) is 6.54 Å². The van der Waals surface area contributed by atoms with Crippen molar-refractivity contribution in [3.05, 3.63) is 0 Å². The number of hydrogen-bond donors (Lipinski definition) is 1. The molecular formula is C14H23NO3. The van der Waals surface area contributed by atoms with Crippen LogP contribution in [0.5, 0.6) is 0 Å². The van der Waals surface area contributed by atoms with Crippen molar-refractivity contribution in [3.8, 4) is 12.3 Å². The summed E-state index contributed by atoms with van der Waals surface area (Å²) in [5, 5.41) is 10.3. The molecule has 2 atom stereocenters. The van der Waals surface area contributed by atoms with E-state index >= 15 is 0 Å². The van der Waals surface area contributed by atoms with Gasteiger partial charge in [0, 0.05) is 13.0 Å². The number of carbonyl (C=O) groups is 1. The van der Waals surface area contributed by atoms with Crippen molar-refractivity contribution in [1.82, 2.24) is 4.90 Å². The molecule has 1 fully saturated rings. The smallest absolute Gasteiger partial charge is 0.410 e. The van der Waals surface area contributed by atoms with E-state index in [4.69, 9.17) is 11.2 Å². The zero-order valence-corrected chi connectivity index (χ0v) is 11.7.